The Morgan fingerprint density at radius 1 is 1.41 bits per heavy atom. The number of nitrogens with one attached hydrogen (secondary N) is 1. The summed E-state index contributed by atoms with van der Waals surface area (Å²) in [6.07, 6.45) is 2.27. The molecule has 1 saturated heterocycles. The molecule has 0 saturated carbocycles. The molecule has 1 amide bonds. The smallest absolute Gasteiger partial charge is 0.404 e. The van der Waals surface area contributed by atoms with E-state index in [2.05, 4.69) is 5.32 Å². The molecule has 1 aromatic rings. The number of amides is 1. The molecule has 0 bridgehead atoms. The van der Waals surface area contributed by atoms with E-state index < -0.39 is 6.09 Å². The number of rotatable bonds is 5. The molecule has 120 valence electrons. The lowest BCUT2D eigenvalue weighted by atomic mass is 9.77. The summed E-state index contributed by atoms with van der Waals surface area (Å²) >= 11 is 6.07. The molecule has 6 heteroatoms. The molecular formula is C16H20ClNO4. The summed E-state index contributed by atoms with van der Waals surface area (Å²) in [6.45, 7) is 1.68. The lowest BCUT2D eigenvalue weighted by Gasteiger charge is -2.31. The summed E-state index contributed by atoms with van der Waals surface area (Å²) < 4.78 is 11.0. The van der Waals surface area contributed by atoms with Crippen LogP contribution < -0.4 is 5.32 Å². The second-order valence-electron chi connectivity index (χ2n) is 5.95. The summed E-state index contributed by atoms with van der Waals surface area (Å²) in [6, 6.07) is 5.90. The average molecular weight is 326 g/mol. The van der Waals surface area contributed by atoms with Crippen LogP contribution in [0.25, 0.3) is 0 Å². The Hall–Kier alpha value is -1.30. The third-order valence-electron chi connectivity index (χ3n) is 4.64. The Labute approximate surface area is 134 Å². The molecular weight excluding hydrogens is 306 g/mol. The van der Waals surface area contributed by atoms with Crippen molar-refractivity contribution in [3.8, 4) is 0 Å². The van der Waals surface area contributed by atoms with Gasteiger partial charge < -0.3 is 19.9 Å². The van der Waals surface area contributed by atoms with E-state index in [4.69, 9.17) is 26.2 Å². The van der Waals surface area contributed by atoms with Crippen LogP contribution in [0.5, 0.6) is 0 Å². The second-order valence-corrected chi connectivity index (χ2v) is 6.39. The van der Waals surface area contributed by atoms with Crippen molar-refractivity contribution < 1.29 is 19.4 Å². The minimum atomic E-state index is -0.991. The van der Waals surface area contributed by atoms with Crippen LogP contribution in [0.3, 0.4) is 0 Å². The Morgan fingerprint density at radius 3 is 2.91 bits per heavy atom. The van der Waals surface area contributed by atoms with Crippen LogP contribution in [-0.2, 0) is 21.3 Å². The van der Waals surface area contributed by atoms with Crippen molar-refractivity contribution in [2.75, 3.05) is 19.8 Å². The van der Waals surface area contributed by atoms with Crippen LogP contribution in [0.4, 0.5) is 4.79 Å². The van der Waals surface area contributed by atoms with E-state index in [1.807, 2.05) is 18.2 Å². The van der Waals surface area contributed by atoms with Crippen molar-refractivity contribution in [2.45, 2.75) is 37.4 Å². The van der Waals surface area contributed by atoms with E-state index >= 15 is 0 Å². The minimum Gasteiger partial charge on any atom is -0.465 e. The topological polar surface area (TPSA) is 67.8 Å². The highest BCUT2D eigenvalue weighted by Crippen LogP contribution is 2.43. The lowest BCUT2D eigenvalue weighted by Crippen LogP contribution is -2.39. The number of ether oxygens (including phenoxy) is 2. The molecule has 2 aliphatic rings. The van der Waals surface area contributed by atoms with Gasteiger partial charge in [-0.1, -0.05) is 17.7 Å². The number of hydrogen-bond acceptors (Lipinski definition) is 3. The van der Waals surface area contributed by atoms with Crippen LogP contribution in [0.2, 0.25) is 5.02 Å². The first-order valence-corrected chi connectivity index (χ1v) is 7.96. The number of halogens is 1. The Morgan fingerprint density at radius 2 is 2.18 bits per heavy atom. The molecule has 1 aromatic carbocycles. The average Bonchev–Trinajstić information content (AvgIpc) is 3.11. The summed E-state index contributed by atoms with van der Waals surface area (Å²) in [4.78, 5) is 10.9. The molecule has 2 N–H and O–H groups in total. The number of benzene rings is 1. The Balaban J connectivity index is 1.79. The van der Waals surface area contributed by atoms with E-state index in [0.717, 1.165) is 30.7 Å². The summed E-state index contributed by atoms with van der Waals surface area (Å²) in [5.41, 5.74) is 2.21. The summed E-state index contributed by atoms with van der Waals surface area (Å²) in [7, 11) is 0. The Kier molecular flexibility index (Phi) is 4.57. The van der Waals surface area contributed by atoms with E-state index in [1.54, 1.807) is 0 Å². The van der Waals surface area contributed by atoms with Crippen LogP contribution in [0.1, 0.15) is 30.4 Å². The van der Waals surface area contributed by atoms with Crippen molar-refractivity contribution in [3.63, 3.8) is 0 Å². The third kappa shape index (κ3) is 3.21. The highest BCUT2D eigenvalue weighted by Gasteiger charge is 2.39. The first kappa shape index (κ1) is 15.6. The molecule has 0 spiro atoms. The number of carboxylic acid groups (broad SMARTS) is 1. The maximum atomic E-state index is 10.9. The van der Waals surface area contributed by atoms with Crippen molar-refractivity contribution in [1.82, 2.24) is 5.32 Å². The van der Waals surface area contributed by atoms with Crippen molar-refractivity contribution in [1.29, 1.82) is 0 Å². The zero-order valence-electron chi connectivity index (χ0n) is 12.3. The van der Waals surface area contributed by atoms with Crippen molar-refractivity contribution in [3.05, 3.63) is 34.3 Å². The fourth-order valence-electron chi connectivity index (χ4n) is 3.54. The van der Waals surface area contributed by atoms with E-state index in [1.165, 1.54) is 11.1 Å². The summed E-state index contributed by atoms with van der Waals surface area (Å²) in [5.74, 6) is 0. The fourth-order valence-corrected chi connectivity index (χ4v) is 3.73. The Bertz CT molecular complexity index is 559. The van der Waals surface area contributed by atoms with Gasteiger partial charge in [-0.05, 0) is 48.9 Å². The lowest BCUT2D eigenvalue weighted by molar-refractivity contribution is -0.0513. The predicted molar refractivity (Wildman–Crippen MR) is 82.4 cm³/mol. The third-order valence-corrected chi connectivity index (χ3v) is 4.87. The first-order valence-electron chi connectivity index (χ1n) is 7.58. The van der Waals surface area contributed by atoms with Gasteiger partial charge in [0.05, 0.1) is 13.2 Å². The normalized spacial score (nSPS) is 24.4. The minimum absolute atomic E-state index is 0.168. The predicted octanol–water partition coefficient (Wildman–Crippen LogP) is 2.94. The SMILES string of the molecule is O=C(O)NCC1(CCC2OCCO2)CCc2cc(Cl)ccc21. The van der Waals surface area contributed by atoms with Crippen LogP contribution in [-0.4, -0.2) is 37.2 Å². The van der Waals surface area contributed by atoms with Crippen LogP contribution in [0, 0.1) is 0 Å². The van der Waals surface area contributed by atoms with Crippen LogP contribution >= 0.6 is 11.6 Å². The van der Waals surface area contributed by atoms with E-state index in [9.17, 15) is 4.79 Å². The van der Waals surface area contributed by atoms with Gasteiger partial charge in [-0.2, -0.15) is 0 Å². The van der Waals surface area contributed by atoms with Gasteiger partial charge in [0.15, 0.2) is 6.29 Å². The number of hydrogen-bond donors (Lipinski definition) is 2. The molecule has 1 unspecified atom stereocenters. The molecule has 0 radical (unpaired) electrons. The van der Waals surface area contributed by atoms with E-state index in [-0.39, 0.29) is 11.7 Å². The van der Waals surface area contributed by atoms with Gasteiger partial charge in [-0.25, -0.2) is 4.79 Å². The molecule has 5 nitrogen and oxygen atoms in total. The molecule has 0 aromatic heterocycles. The highest BCUT2D eigenvalue weighted by atomic mass is 35.5. The zero-order chi connectivity index (χ0) is 15.6. The van der Waals surface area contributed by atoms with Gasteiger partial charge in [0.1, 0.15) is 0 Å². The molecule has 1 fully saturated rings. The first-order chi connectivity index (χ1) is 10.6. The van der Waals surface area contributed by atoms with Gasteiger partial charge in [0.2, 0.25) is 0 Å². The van der Waals surface area contributed by atoms with Gasteiger partial charge >= 0.3 is 6.09 Å². The summed E-state index contributed by atoms with van der Waals surface area (Å²) in [5, 5.41) is 12.3. The van der Waals surface area contributed by atoms with Gasteiger partial charge in [-0.3, -0.25) is 0 Å². The van der Waals surface area contributed by atoms with Crippen LogP contribution in [0.15, 0.2) is 18.2 Å². The number of carbonyl (C=O) groups is 1. The highest BCUT2D eigenvalue weighted by molar-refractivity contribution is 6.30. The maximum absolute atomic E-state index is 10.9. The zero-order valence-corrected chi connectivity index (χ0v) is 13.1. The molecule has 1 aliphatic heterocycles. The van der Waals surface area contributed by atoms with Gasteiger partial charge in [-0.15, -0.1) is 0 Å². The molecule has 1 atom stereocenters. The van der Waals surface area contributed by atoms with Crippen molar-refractivity contribution >= 4 is 17.7 Å². The standard InChI is InChI=1S/C16H20ClNO4/c17-12-1-2-13-11(9-12)3-5-16(13,10-18-15(19)20)6-4-14-21-7-8-22-14/h1-2,9,14,18H,3-8,10H2,(H,19,20). The largest absolute Gasteiger partial charge is 0.465 e. The maximum Gasteiger partial charge on any atom is 0.404 e. The monoisotopic (exact) mass is 325 g/mol. The number of fused-ring (bicyclic) bond motifs is 1. The quantitative estimate of drug-likeness (QED) is 0.873. The van der Waals surface area contributed by atoms with Gasteiger partial charge in [0, 0.05) is 17.0 Å². The number of aryl methyl sites for hydroxylation is 1. The molecule has 1 aliphatic carbocycles. The molecule has 1 heterocycles. The van der Waals surface area contributed by atoms with Gasteiger partial charge in [0.25, 0.3) is 0 Å². The van der Waals surface area contributed by atoms with E-state index in [0.29, 0.717) is 19.8 Å². The second kappa shape index (κ2) is 6.44. The molecule has 22 heavy (non-hydrogen) atoms. The van der Waals surface area contributed by atoms with Crippen molar-refractivity contribution in [2.24, 2.45) is 0 Å². The fraction of sp³-hybridized carbons (Fsp3) is 0.562. The molecule has 3 rings (SSSR count).